The fraction of sp³-hybridized carbons (Fsp3) is 0.381. The summed E-state index contributed by atoms with van der Waals surface area (Å²) in [6.07, 6.45) is 1.75. The molecular formula is C21H26N4O2. The molecule has 1 aromatic carbocycles. The summed E-state index contributed by atoms with van der Waals surface area (Å²) in [5.41, 5.74) is 2.91. The third-order valence-electron chi connectivity index (χ3n) is 4.88. The van der Waals surface area contributed by atoms with Crippen molar-refractivity contribution < 1.29 is 9.59 Å². The molecule has 1 aliphatic heterocycles. The lowest BCUT2D eigenvalue weighted by Crippen LogP contribution is -2.58. The van der Waals surface area contributed by atoms with Gasteiger partial charge in [0.1, 0.15) is 6.54 Å². The minimum atomic E-state index is -0.0388. The van der Waals surface area contributed by atoms with Crippen molar-refractivity contribution in [1.82, 2.24) is 14.8 Å². The molecular weight excluding hydrogens is 340 g/mol. The minimum absolute atomic E-state index is 0.0290. The van der Waals surface area contributed by atoms with Crippen molar-refractivity contribution in [2.24, 2.45) is 0 Å². The summed E-state index contributed by atoms with van der Waals surface area (Å²) in [5, 5.41) is 0. The molecule has 2 amide bonds. The first-order valence-electron chi connectivity index (χ1n) is 9.19. The van der Waals surface area contributed by atoms with Crippen molar-refractivity contribution >= 4 is 17.5 Å². The van der Waals surface area contributed by atoms with Gasteiger partial charge in [-0.2, -0.15) is 0 Å². The fourth-order valence-electron chi connectivity index (χ4n) is 3.43. The molecule has 6 heteroatoms. The number of rotatable bonds is 5. The average molecular weight is 366 g/mol. The van der Waals surface area contributed by atoms with Crippen molar-refractivity contribution in [3.63, 3.8) is 0 Å². The highest BCUT2D eigenvalue weighted by molar-refractivity contribution is 5.98. The third-order valence-corrected chi connectivity index (χ3v) is 4.88. The average Bonchev–Trinajstić information content (AvgIpc) is 2.64. The summed E-state index contributed by atoms with van der Waals surface area (Å²) >= 11 is 0. The number of amides is 2. The van der Waals surface area contributed by atoms with E-state index in [1.165, 1.54) is 0 Å². The molecule has 2 heterocycles. The summed E-state index contributed by atoms with van der Waals surface area (Å²) < 4.78 is 0. The molecule has 0 radical (unpaired) electrons. The second-order valence-corrected chi connectivity index (χ2v) is 7.15. The molecule has 142 valence electrons. The molecule has 1 aromatic heterocycles. The maximum Gasteiger partial charge on any atom is 0.246 e. The Balaban J connectivity index is 1.62. The molecule has 2 aromatic rings. The molecule has 6 nitrogen and oxygen atoms in total. The van der Waals surface area contributed by atoms with Crippen LogP contribution < -0.4 is 4.90 Å². The lowest BCUT2D eigenvalue weighted by molar-refractivity contribution is -0.140. The molecule has 0 spiro atoms. The first kappa shape index (κ1) is 19.0. The van der Waals surface area contributed by atoms with Crippen LogP contribution in [-0.4, -0.2) is 59.3 Å². The van der Waals surface area contributed by atoms with E-state index < -0.39 is 0 Å². The summed E-state index contributed by atoms with van der Waals surface area (Å²) in [5.74, 6) is -0.0677. The molecule has 0 aliphatic carbocycles. The van der Waals surface area contributed by atoms with Gasteiger partial charge in [-0.3, -0.25) is 19.5 Å². The maximum absolute atomic E-state index is 12.8. The number of pyridine rings is 1. The van der Waals surface area contributed by atoms with E-state index >= 15 is 0 Å². The van der Waals surface area contributed by atoms with Gasteiger partial charge in [0, 0.05) is 31.0 Å². The van der Waals surface area contributed by atoms with Gasteiger partial charge in [-0.05, 0) is 44.7 Å². The zero-order valence-corrected chi connectivity index (χ0v) is 16.1. The number of hydrogen-bond donors (Lipinski definition) is 0. The summed E-state index contributed by atoms with van der Waals surface area (Å²) in [4.78, 5) is 35.1. The minimum Gasteiger partial charge on any atom is -0.328 e. The van der Waals surface area contributed by atoms with Gasteiger partial charge in [0.2, 0.25) is 11.8 Å². The van der Waals surface area contributed by atoms with Crippen molar-refractivity contribution in [3.8, 4) is 0 Å². The molecule has 3 rings (SSSR count). The van der Waals surface area contributed by atoms with E-state index in [0.29, 0.717) is 13.1 Å². The van der Waals surface area contributed by atoms with E-state index in [4.69, 9.17) is 0 Å². The van der Waals surface area contributed by atoms with E-state index in [0.717, 1.165) is 16.9 Å². The van der Waals surface area contributed by atoms with Gasteiger partial charge in [0.05, 0.1) is 12.2 Å². The molecule has 1 fully saturated rings. The number of aromatic nitrogens is 1. The molecule has 0 bridgehead atoms. The van der Waals surface area contributed by atoms with Gasteiger partial charge < -0.3 is 9.80 Å². The first-order valence-corrected chi connectivity index (χ1v) is 9.19. The van der Waals surface area contributed by atoms with Gasteiger partial charge in [-0.15, -0.1) is 0 Å². The summed E-state index contributed by atoms with van der Waals surface area (Å²) in [7, 11) is 1.89. The van der Waals surface area contributed by atoms with Crippen LogP contribution in [0.25, 0.3) is 0 Å². The molecule has 1 saturated heterocycles. The van der Waals surface area contributed by atoms with E-state index in [2.05, 4.69) is 4.98 Å². The van der Waals surface area contributed by atoms with E-state index in [1.807, 2.05) is 68.3 Å². The largest absolute Gasteiger partial charge is 0.328 e. The summed E-state index contributed by atoms with van der Waals surface area (Å²) in [6.45, 7) is 5.48. The highest BCUT2D eigenvalue weighted by atomic mass is 16.2. The SMILES string of the molecule is Cc1ccccc1N1CC(C)N(C(=O)CN(C)Cc2ccccn2)CC1=O. The predicted molar refractivity (Wildman–Crippen MR) is 105 cm³/mol. The van der Waals surface area contributed by atoms with Crippen LogP contribution in [0.5, 0.6) is 0 Å². The Kier molecular flexibility index (Phi) is 5.86. The smallest absolute Gasteiger partial charge is 0.246 e. The number of benzene rings is 1. The number of nitrogens with zero attached hydrogens (tertiary/aromatic N) is 4. The standard InChI is InChI=1S/C21H26N4O2/c1-16-8-4-5-10-19(16)25-12-17(2)24(15-21(25)27)20(26)14-23(3)13-18-9-6-7-11-22-18/h4-11,17H,12-15H2,1-3H3. The van der Waals surface area contributed by atoms with Crippen molar-refractivity contribution in [3.05, 3.63) is 59.9 Å². The Morgan fingerprint density at radius 1 is 1.22 bits per heavy atom. The number of para-hydroxylation sites is 1. The molecule has 1 unspecified atom stereocenters. The van der Waals surface area contributed by atoms with Crippen LogP contribution >= 0.6 is 0 Å². The van der Waals surface area contributed by atoms with Crippen LogP contribution in [0.3, 0.4) is 0 Å². The number of anilines is 1. The molecule has 0 N–H and O–H groups in total. The lowest BCUT2D eigenvalue weighted by atomic mass is 10.1. The zero-order chi connectivity index (χ0) is 19.4. The number of hydrogen-bond acceptors (Lipinski definition) is 4. The van der Waals surface area contributed by atoms with Crippen LogP contribution in [-0.2, 0) is 16.1 Å². The van der Waals surface area contributed by atoms with Gasteiger partial charge in [-0.25, -0.2) is 0 Å². The highest BCUT2D eigenvalue weighted by Gasteiger charge is 2.33. The number of carbonyl (C=O) groups is 2. The van der Waals surface area contributed by atoms with Gasteiger partial charge in [0.25, 0.3) is 0 Å². The van der Waals surface area contributed by atoms with Gasteiger partial charge in [0.15, 0.2) is 0 Å². The Morgan fingerprint density at radius 2 is 1.96 bits per heavy atom. The number of likely N-dealkylation sites (N-methyl/N-ethyl adjacent to an activating group) is 1. The monoisotopic (exact) mass is 366 g/mol. The fourth-order valence-corrected chi connectivity index (χ4v) is 3.43. The maximum atomic E-state index is 12.8. The number of carbonyl (C=O) groups excluding carboxylic acids is 2. The second-order valence-electron chi connectivity index (χ2n) is 7.15. The normalized spacial score (nSPS) is 17.5. The number of aryl methyl sites for hydroxylation is 1. The van der Waals surface area contributed by atoms with E-state index in [-0.39, 0.29) is 30.9 Å². The third kappa shape index (κ3) is 4.52. The topological polar surface area (TPSA) is 56.8 Å². The zero-order valence-electron chi connectivity index (χ0n) is 16.1. The van der Waals surface area contributed by atoms with Crippen molar-refractivity contribution in [2.75, 3.05) is 31.6 Å². The Morgan fingerprint density at radius 3 is 2.67 bits per heavy atom. The van der Waals surface area contributed by atoms with E-state index in [1.54, 1.807) is 16.0 Å². The second kappa shape index (κ2) is 8.31. The van der Waals surface area contributed by atoms with Crippen LogP contribution in [0.4, 0.5) is 5.69 Å². The predicted octanol–water partition coefficient (Wildman–Crippen LogP) is 2.09. The quantitative estimate of drug-likeness (QED) is 0.813. The molecule has 1 aliphatic rings. The van der Waals surface area contributed by atoms with Gasteiger partial charge >= 0.3 is 0 Å². The van der Waals surface area contributed by atoms with Crippen LogP contribution in [0.15, 0.2) is 48.7 Å². The first-order chi connectivity index (χ1) is 13.0. The highest BCUT2D eigenvalue weighted by Crippen LogP contribution is 2.23. The molecule has 27 heavy (non-hydrogen) atoms. The Bertz CT molecular complexity index is 809. The molecule has 0 saturated carbocycles. The van der Waals surface area contributed by atoms with Gasteiger partial charge in [-0.1, -0.05) is 24.3 Å². The van der Waals surface area contributed by atoms with Crippen molar-refractivity contribution in [2.45, 2.75) is 26.4 Å². The van der Waals surface area contributed by atoms with E-state index in [9.17, 15) is 9.59 Å². The lowest BCUT2D eigenvalue weighted by Gasteiger charge is -2.40. The Hall–Kier alpha value is -2.73. The van der Waals surface area contributed by atoms with Crippen LogP contribution in [0, 0.1) is 6.92 Å². The van der Waals surface area contributed by atoms with Crippen LogP contribution in [0.1, 0.15) is 18.2 Å². The molecule has 1 atom stereocenters. The van der Waals surface area contributed by atoms with Crippen molar-refractivity contribution in [1.29, 1.82) is 0 Å². The number of piperazine rings is 1. The summed E-state index contributed by atoms with van der Waals surface area (Å²) in [6, 6.07) is 13.6. The van der Waals surface area contributed by atoms with Crippen LogP contribution in [0.2, 0.25) is 0 Å². The Labute approximate surface area is 160 Å².